The van der Waals surface area contributed by atoms with E-state index < -0.39 is 44.0 Å². The Kier molecular flexibility index (Phi) is 8.17. The molecule has 5 atom stereocenters. The molecule has 0 radical (unpaired) electrons. The normalized spacial score (nSPS) is 29.3. The summed E-state index contributed by atoms with van der Waals surface area (Å²) in [4.78, 5) is 15.0. The van der Waals surface area contributed by atoms with Crippen molar-refractivity contribution < 1.29 is 23.4 Å². The lowest BCUT2D eigenvalue weighted by Gasteiger charge is -2.45. The van der Waals surface area contributed by atoms with Crippen LogP contribution in [0.1, 0.15) is 68.7 Å². The highest BCUT2D eigenvalue weighted by atomic mass is 28.4. The zero-order valence-electron chi connectivity index (χ0n) is 22.4. The Balaban J connectivity index is 2.58. The molecule has 2 heterocycles. The van der Waals surface area contributed by atoms with Gasteiger partial charge in [0.15, 0.2) is 14.1 Å². The van der Waals surface area contributed by atoms with Crippen LogP contribution in [0.2, 0.25) is 18.1 Å². The largest absolute Gasteiger partial charge is 0.444 e. The molecule has 1 unspecified atom stereocenters. The molecule has 7 nitrogen and oxygen atoms in total. The fourth-order valence-electron chi connectivity index (χ4n) is 4.20. The molecule has 0 saturated carbocycles. The summed E-state index contributed by atoms with van der Waals surface area (Å²) in [5, 5.41) is 9.93. The van der Waals surface area contributed by atoms with Crippen LogP contribution in [0, 0.1) is 17.2 Å². The molecule has 2 rings (SSSR count). The lowest BCUT2D eigenvalue weighted by Crippen LogP contribution is -2.58. The quantitative estimate of drug-likeness (QED) is 0.375. The minimum absolute atomic E-state index is 0.0414. The molecule has 0 aromatic carbocycles. The monoisotopic (exact) mass is 480 g/mol. The maximum absolute atomic E-state index is 13.4. The maximum atomic E-state index is 13.4. The average molecular weight is 481 g/mol. The zero-order chi connectivity index (χ0) is 25.4. The van der Waals surface area contributed by atoms with Crippen LogP contribution >= 0.6 is 0 Å². The maximum Gasteiger partial charge on any atom is 0.411 e. The number of nitrogens with zero attached hydrogens (tertiary/aromatic N) is 2. The SMILES string of the molecule is C/C=C\[C@@H]1C[C@H](C#N)N(C(=O)OC(C)(C)C)[C@H]1[C@@H](O[Si](C)(C)C(C)(C)C)C1COC(C)(C)O1. The molecule has 0 aromatic rings. The first-order chi connectivity index (χ1) is 14.9. The van der Waals surface area contributed by atoms with Crippen molar-refractivity contribution >= 4 is 14.4 Å². The van der Waals surface area contributed by atoms with Crippen LogP contribution in [0.15, 0.2) is 12.2 Å². The Hall–Kier alpha value is -1.40. The number of rotatable bonds is 5. The average Bonchev–Trinajstić information content (AvgIpc) is 3.17. The van der Waals surface area contributed by atoms with E-state index in [1.54, 1.807) is 4.90 Å². The predicted molar refractivity (Wildman–Crippen MR) is 131 cm³/mol. The summed E-state index contributed by atoms with van der Waals surface area (Å²) in [6.07, 6.45) is 3.26. The van der Waals surface area contributed by atoms with Crippen LogP contribution in [-0.2, 0) is 18.6 Å². The molecule has 1 amide bonds. The molecule has 2 saturated heterocycles. The number of nitriles is 1. The van der Waals surface area contributed by atoms with E-state index in [0.717, 1.165) is 0 Å². The third-order valence-electron chi connectivity index (χ3n) is 6.75. The van der Waals surface area contributed by atoms with Crippen LogP contribution in [0.25, 0.3) is 0 Å². The second-order valence-electron chi connectivity index (χ2n) is 12.2. The Labute approximate surface area is 201 Å². The summed E-state index contributed by atoms with van der Waals surface area (Å²) in [6.45, 7) is 22.6. The molecule has 0 aliphatic carbocycles. The highest BCUT2D eigenvalue weighted by Gasteiger charge is 2.55. The highest BCUT2D eigenvalue weighted by molar-refractivity contribution is 6.74. The molecule has 0 spiro atoms. The molecule has 0 N–H and O–H groups in total. The first kappa shape index (κ1) is 27.8. The van der Waals surface area contributed by atoms with Crippen molar-refractivity contribution in [1.29, 1.82) is 5.26 Å². The number of amides is 1. The Morgan fingerprint density at radius 1 is 1.24 bits per heavy atom. The number of allylic oxidation sites excluding steroid dienone is 1. The highest BCUT2D eigenvalue weighted by Crippen LogP contribution is 2.43. The Morgan fingerprint density at radius 2 is 1.85 bits per heavy atom. The van der Waals surface area contributed by atoms with Gasteiger partial charge in [-0.25, -0.2) is 4.79 Å². The molecule has 8 heteroatoms. The lowest BCUT2D eigenvalue weighted by molar-refractivity contribution is -0.154. The van der Waals surface area contributed by atoms with E-state index in [9.17, 15) is 10.1 Å². The zero-order valence-corrected chi connectivity index (χ0v) is 23.4. The van der Waals surface area contributed by atoms with E-state index in [0.29, 0.717) is 13.0 Å². The van der Waals surface area contributed by atoms with E-state index in [1.807, 2.05) is 47.6 Å². The van der Waals surface area contributed by atoms with Gasteiger partial charge >= 0.3 is 6.09 Å². The fourth-order valence-corrected chi connectivity index (χ4v) is 5.53. The van der Waals surface area contributed by atoms with Crippen molar-refractivity contribution in [3.8, 4) is 6.07 Å². The van der Waals surface area contributed by atoms with Gasteiger partial charge in [0.1, 0.15) is 17.7 Å². The van der Waals surface area contributed by atoms with Gasteiger partial charge in [-0.1, -0.05) is 32.9 Å². The number of carbonyl (C=O) groups is 1. The van der Waals surface area contributed by atoms with Gasteiger partial charge in [-0.3, -0.25) is 4.90 Å². The first-order valence-electron chi connectivity index (χ1n) is 12.0. The molecule has 33 heavy (non-hydrogen) atoms. The van der Waals surface area contributed by atoms with Crippen molar-refractivity contribution in [2.45, 2.75) is 123 Å². The lowest BCUT2D eigenvalue weighted by atomic mass is 9.92. The predicted octanol–water partition coefficient (Wildman–Crippen LogP) is 5.62. The number of likely N-dealkylation sites (tertiary alicyclic amines) is 1. The van der Waals surface area contributed by atoms with Crippen molar-refractivity contribution in [2.24, 2.45) is 5.92 Å². The summed E-state index contributed by atoms with van der Waals surface area (Å²) in [5.41, 5.74) is -0.676. The molecule has 0 aromatic heterocycles. The van der Waals surface area contributed by atoms with E-state index >= 15 is 0 Å². The number of hydrogen-bond acceptors (Lipinski definition) is 6. The third kappa shape index (κ3) is 6.59. The van der Waals surface area contributed by atoms with Gasteiger partial charge in [-0.2, -0.15) is 5.26 Å². The van der Waals surface area contributed by atoms with Gasteiger partial charge in [-0.05, 0) is 66.1 Å². The smallest absolute Gasteiger partial charge is 0.411 e. The van der Waals surface area contributed by atoms with Crippen LogP contribution < -0.4 is 0 Å². The molecule has 188 valence electrons. The van der Waals surface area contributed by atoms with Gasteiger partial charge in [-0.15, -0.1) is 0 Å². The molecular formula is C25H44N2O5Si. The number of carbonyl (C=O) groups excluding carboxylic acids is 1. The van der Waals surface area contributed by atoms with Gasteiger partial charge in [0, 0.05) is 5.92 Å². The second-order valence-corrected chi connectivity index (χ2v) is 16.9. The minimum atomic E-state index is -2.27. The molecule has 2 aliphatic rings. The van der Waals surface area contributed by atoms with Gasteiger partial charge in [0.05, 0.1) is 24.8 Å². The van der Waals surface area contributed by atoms with Crippen LogP contribution in [0.3, 0.4) is 0 Å². The Bertz CT molecular complexity index is 775. The summed E-state index contributed by atoms with van der Waals surface area (Å²) in [7, 11) is -2.27. The minimum Gasteiger partial charge on any atom is -0.444 e. The van der Waals surface area contributed by atoms with Crippen molar-refractivity contribution in [1.82, 2.24) is 4.90 Å². The van der Waals surface area contributed by atoms with E-state index in [4.69, 9.17) is 18.6 Å². The molecule has 2 aliphatic heterocycles. The second kappa shape index (κ2) is 9.69. The number of hydrogen-bond donors (Lipinski definition) is 0. The topological polar surface area (TPSA) is 81.0 Å². The summed E-state index contributed by atoms with van der Waals surface area (Å²) in [6, 6.07) is 1.32. The number of ether oxygens (including phenoxy) is 3. The molecular weight excluding hydrogens is 436 g/mol. The van der Waals surface area contributed by atoms with E-state index in [-0.39, 0.29) is 17.1 Å². The van der Waals surface area contributed by atoms with Crippen LogP contribution in [-0.4, -0.2) is 61.6 Å². The molecule has 2 fully saturated rings. The summed E-state index contributed by atoms with van der Waals surface area (Å²) in [5.74, 6) is -0.797. The molecule has 0 bridgehead atoms. The van der Waals surface area contributed by atoms with Gasteiger partial charge in [0.2, 0.25) is 0 Å². The van der Waals surface area contributed by atoms with E-state index in [2.05, 4.69) is 46.0 Å². The van der Waals surface area contributed by atoms with Gasteiger partial charge in [0.25, 0.3) is 0 Å². The first-order valence-corrected chi connectivity index (χ1v) is 14.9. The van der Waals surface area contributed by atoms with Crippen LogP contribution in [0.4, 0.5) is 4.79 Å². The van der Waals surface area contributed by atoms with E-state index in [1.165, 1.54) is 0 Å². The van der Waals surface area contributed by atoms with Gasteiger partial charge < -0.3 is 18.6 Å². The van der Waals surface area contributed by atoms with Crippen molar-refractivity contribution in [3.05, 3.63) is 12.2 Å². The third-order valence-corrected chi connectivity index (χ3v) is 11.2. The summed E-state index contributed by atoms with van der Waals surface area (Å²) >= 11 is 0. The van der Waals surface area contributed by atoms with Crippen LogP contribution in [0.5, 0.6) is 0 Å². The van der Waals surface area contributed by atoms with Crippen molar-refractivity contribution in [2.75, 3.05) is 6.61 Å². The standard InChI is InChI=1S/C25H44N2O5Si/c1-12-13-17-14-18(15-26)27(22(28)31-23(2,3)4)20(17)21(19-16-29-25(8,9)30-19)32-33(10,11)24(5,6)7/h12-13,17-21H,14,16H2,1-11H3/b13-12-/t17-,18-,19?,20-,21+/m1/s1. The summed E-state index contributed by atoms with van der Waals surface area (Å²) < 4.78 is 25.0. The van der Waals surface area contributed by atoms with Crippen molar-refractivity contribution in [3.63, 3.8) is 0 Å². The fraction of sp³-hybridized carbons (Fsp3) is 0.840. The Morgan fingerprint density at radius 3 is 2.27 bits per heavy atom.